The van der Waals surface area contributed by atoms with Crippen LogP contribution in [0.2, 0.25) is 0 Å². The second-order valence-electron chi connectivity index (χ2n) is 5.29. The number of rotatable bonds is 5. The first kappa shape index (κ1) is 13.8. The zero-order chi connectivity index (χ0) is 13.7. The van der Waals surface area contributed by atoms with Gasteiger partial charge >= 0.3 is 0 Å². The van der Waals surface area contributed by atoms with Gasteiger partial charge in [0.15, 0.2) is 0 Å². The summed E-state index contributed by atoms with van der Waals surface area (Å²) in [6, 6.07) is 22.4. The third-order valence-electron chi connectivity index (χ3n) is 3.96. The maximum absolute atomic E-state index is 2.45. The van der Waals surface area contributed by atoms with Crippen LogP contribution in [0.1, 0.15) is 31.0 Å². The molecule has 0 radical (unpaired) electrons. The molecule has 19 heavy (non-hydrogen) atoms. The molecule has 1 nitrogen and oxygen atoms in total. The van der Waals surface area contributed by atoms with Crippen molar-refractivity contribution in [1.29, 1.82) is 0 Å². The summed E-state index contributed by atoms with van der Waals surface area (Å²) in [4.78, 5) is 2.45. The Morgan fingerprint density at radius 2 is 1.37 bits per heavy atom. The Bertz CT molecular complexity index is 478. The fourth-order valence-corrected chi connectivity index (χ4v) is 2.45. The van der Waals surface area contributed by atoms with E-state index in [9.17, 15) is 0 Å². The first-order valence-corrected chi connectivity index (χ1v) is 6.99. The Morgan fingerprint density at radius 1 is 0.842 bits per heavy atom. The van der Waals surface area contributed by atoms with Crippen molar-refractivity contribution in [3.05, 3.63) is 71.8 Å². The summed E-state index contributed by atoms with van der Waals surface area (Å²) < 4.78 is 0. The molecular formula is C18H23N. The van der Waals surface area contributed by atoms with Crippen LogP contribution in [0.15, 0.2) is 60.7 Å². The molecule has 0 aliphatic heterocycles. The molecule has 2 unspecified atom stereocenters. The predicted molar refractivity (Wildman–Crippen MR) is 82.2 cm³/mol. The molecule has 0 N–H and O–H groups in total. The lowest BCUT2D eigenvalue weighted by molar-refractivity contribution is 0.196. The van der Waals surface area contributed by atoms with Gasteiger partial charge in [-0.15, -0.1) is 0 Å². The molecule has 0 aliphatic carbocycles. The normalized spacial score (nSPS) is 14.3. The molecule has 0 aliphatic rings. The number of nitrogens with zero attached hydrogens (tertiary/aromatic N) is 1. The van der Waals surface area contributed by atoms with Crippen molar-refractivity contribution in [2.75, 3.05) is 7.05 Å². The van der Waals surface area contributed by atoms with Crippen LogP contribution < -0.4 is 0 Å². The minimum atomic E-state index is 0.444. The summed E-state index contributed by atoms with van der Waals surface area (Å²) in [6.07, 6.45) is 1.09. The predicted octanol–water partition coefficient (Wildman–Crippen LogP) is 4.31. The fourth-order valence-electron chi connectivity index (χ4n) is 2.45. The number of benzene rings is 2. The van der Waals surface area contributed by atoms with E-state index in [1.807, 2.05) is 0 Å². The maximum atomic E-state index is 2.45. The highest BCUT2D eigenvalue weighted by Crippen LogP contribution is 2.21. The number of likely N-dealkylation sites (N-methyl/N-ethyl adjacent to an activating group) is 1. The molecule has 0 spiro atoms. The van der Waals surface area contributed by atoms with Gasteiger partial charge in [0.2, 0.25) is 0 Å². The summed E-state index contributed by atoms with van der Waals surface area (Å²) in [5.41, 5.74) is 2.78. The molecule has 0 bridgehead atoms. The molecule has 0 saturated heterocycles. The molecule has 2 aromatic carbocycles. The SMILES string of the molecule is CC(Cc1ccccc1)N(C)C(C)c1ccccc1. The van der Waals surface area contributed by atoms with E-state index >= 15 is 0 Å². The lowest BCUT2D eigenvalue weighted by Gasteiger charge is -2.31. The molecule has 1 heteroatoms. The van der Waals surface area contributed by atoms with Gasteiger partial charge in [-0.2, -0.15) is 0 Å². The first-order chi connectivity index (χ1) is 9.18. The standard InChI is InChI=1S/C18H23N/c1-15(14-17-10-6-4-7-11-17)19(3)16(2)18-12-8-5-9-13-18/h4-13,15-16H,14H2,1-3H3. The quantitative estimate of drug-likeness (QED) is 0.767. The highest BCUT2D eigenvalue weighted by atomic mass is 15.1. The second-order valence-corrected chi connectivity index (χ2v) is 5.29. The average Bonchev–Trinajstić information content (AvgIpc) is 2.47. The summed E-state index contributed by atoms with van der Waals surface area (Å²) in [5, 5.41) is 0. The summed E-state index contributed by atoms with van der Waals surface area (Å²) >= 11 is 0. The fraction of sp³-hybridized carbons (Fsp3) is 0.333. The second kappa shape index (κ2) is 6.53. The van der Waals surface area contributed by atoms with Crippen molar-refractivity contribution in [2.45, 2.75) is 32.4 Å². The highest BCUT2D eigenvalue weighted by Gasteiger charge is 2.17. The molecule has 0 fully saturated rings. The van der Waals surface area contributed by atoms with Gasteiger partial charge in [0.05, 0.1) is 0 Å². The van der Waals surface area contributed by atoms with E-state index in [0.29, 0.717) is 12.1 Å². The Labute approximate surface area is 116 Å². The molecule has 2 aromatic rings. The van der Waals surface area contributed by atoms with E-state index in [1.165, 1.54) is 11.1 Å². The Kier molecular flexibility index (Phi) is 4.75. The molecular weight excluding hydrogens is 230 g/mol. The molecule has 2 rings (SSSR count). The number of hydrogen-bond acceptors (Lipinski definition) is 1. The van der Waals surface area contributed by atoms with E-state index < -0.39 is 0 Å². The maximum Gasteiger partial charge on any atom is 0.0319 e. The van der Waals surface area contributed by atoms with Crippen molar-refractivity contribution in [3.8, 4) is 0 Å². The largest absolute Gasteiger partial charge is 0.297 e. The van der Waals surface area contributed by atoms with E-state index in [2.05, 4.69) is 86.5 Å². The molecule has 0 amide bonds. The molecule has 0 heterocycles. The van der Waals surface area contributed by atoms with Crippen molar-refractivity contribution < 1.29 is 0 Å². The smallest absolute Gasteiger partial charge is 0.0319 e. The van der Waals surface area contributed by atoms with Crippen molar-refractivity contribution in [3.63, 3.8) is 0 Å². The average molecular weight is 253 g/mol. The molecule has 0 saturated carbocycles. The first-order valence-electron chi connectivity index (χ1n) is 6.99. The van der Waals surface area contributed by atoms with Crippen LogP contribution in [-0.4, -0.2) is 18.0 Å². The third-order valence-corrected chi connectivity index (χ3v) is 3.96. The Morgan fingerprint density at radius 3 is 1.95 bits per heavy atom. The monoisotopic (exact) mass is 253 g/mol. The number of hydrogen-bond donors (Lipinski definition) is 0. The van der Waals surface area contributed by atoms with Gasteiger partial charge in [-0.25, -0.2) is 0 Å². The van der Waals surface area contributed by atoms with Gasteiger partial charge in [-0.1, -0.05) is 60.7 Å². The van der Waals surface area contributed by atoms with Gasteiger partial charge in [-0.3, -0.25) is 4.90 Å². The minimum Gasteiger partial charge on any atom is -0.297 e. The van der Waals surface area contributed by atoms with E-state index in [-0.39, 0.29) is 0 Å². The summed E-state index contributed by atoms with van der Waals surface area (Å²) in [7, 11) is 2.21. The summed E-state index contributed by atoms with van der Waals surface area (Å²) in [5.74, 6) is 0. The molecule has 2 atom stereocenters. The highest BCUT2D eigenvalue weighted by molar-refractivity contribution is 5.19. The zero-order valence-corrected chi connectivity index (χ0v) is 12.1. The van der Waals surface area contributed by atoms with Crippen LogP contribution in [0.25, 0.3) is 0 Å². The molecule has 100 valence electrons. The van der Waals surface area contributed by atoms with Gasteiger partial charge in [0.25, 0.3) is 0 Å². The van der Waals surface area contributed by atoms with Crippen LogP contribution in [0, 0.1) is 0 Å². The van der Waals surface area contributed by atoms with Crippen LogP contribution in [0.4, 0.5) is 0 Å². The lowest BCUT2D eigenvalue weighted by Crippen LogP contribution is -2.33. The van der Waals surface area contributed by atoms with Crippen LogP contribution in [-0.2, 0) is 6.42 Å². The zero-order valence-electron chi connectivity index (χ0n) is 12.1. The van der Waals surface area contributed by atoms with Crippen LogP contribution >= 0.6 is 0 Å². The van der Waals surface area contributed by atoms with Crippen molar-refractivity contribution >= 4 is 0 Å². The minimum absolute atomic E-state index is 0.444. The summed E-state index contributed by atoms with van der Waals surface area (Å²) in [6.45, 7) is 4.57. The Balaban J connectivity index is 2.01. The van der Waals surface area contributed by atoms with Gasteiger partial charge in [-0.05, 0) is 38.4 Å². The van der Waals surface area contributed by atoms with E-state index in [4.69, 9.17) is 0 Å². The van der Waals surface area contributed by atoms with Gasteiger partial charge in [0.1, 0.15) is 0 Å². The van der Waals surface area contributed by atoms with Gasteiger partial charge in [0, 0.05) is 12.1 Å². The van der Waals surface area contributed by atoms with Crippen LogP contribution in [0.5, 0.6) is 0 Å². The van der Waals surface area contributed by atoms with E-state index in [0.717, 1.165) is 6.42 Å². The third kappa shape index (κ3) is 3.68. The van der Waals surface area contributed by atoms with Crippen LogP contribution in [0.3, 0.4) is 0 Å². The molecule has 0 aromatic heterocycles. The van der Waals surface area contributed by atoms with E-state index in [1.54, 1.807) is 0 Å². The van der Waals surface area contributed by atoms with Crippen molar-refractivity contribution in [1.82, 2.24) is 4.90 Å². The topological polar surface area (TPSA) is 3.24 Å². The van der Waals surface area contributed by atoms with Gasteiger partial charge < -0.3 is 0 Å². The Hall–Kier alpha value is -1.60. The lowest BCUT2D eigenvalue weighted by atomic mass is 10.0. The van der Waals surface area contributed by atoms with Crippen molar-refractivity contribution in [2.24, 2.45) is 0 Å².